The van der Waals surface area contributed by atoms with Crippen molar-refractivity contribution in [3.63, 3.8) is 0 Å². The third-order valence-electron chi connectivity index (χ3n) is 6.09. The van der Waals surface area contributed by atoms with E-state index in [0.717, 1.165) is 42.3 Å². The minimum absolute atomic E-state index is 0.0501. The van der Waals surface area contributed by atoms with Crippen LogP contribution in [-0.4, -0.2) is 69.9 Å². The summed E-state index contributed by atoms with van der Waals surface area (Å²) < 4.78 is 36.3. The molecule has 3 aliphatic rings. The molecule has 0 aromatic heterocycles. The van der Waals surface area contributed by atoms with Gasteiger partial charge in [-0.05, 0) is 41.8 Å². The number of hydrogen-bond acceptors (Lipinski definition) is 6. The van der Waals surface area contributed by atoms with Crippen molar-refractivity contribution in [3.8, 4) is 11.5 Å². The summed E-state index contributed by atoms with van der Waals surface area (Å²) in [5.74, 6) is 1.51. The maximum atomic E-state index is 13.1. The van der Waals surface area contributed by atoms with Crippen LogP contribution >= 0.6 is 0 Å². The molecule has 0 aliphatic carbocycles. The van der Waals surface area contributed by atoms with Crippen LogP contribution in [0.2, 0.25) is 0 Å². The number of carbonyl (C=O) groups is 1. The van der Waals surface area contributed by atoms with Gasteiger partial charge in [0.25, 0.3) is 5.91 Å². The third kappa shape index (κ3) is 3.95. The Hall–Kier alpha value is -2.78. The Morgan fingerprint density at radius 2 is 1.74 bits per heavy atom. The summed E-state index contributed by atoms with van der Waals surface area (Å²) >= 11 is 0. The highest BCUT2D eigenvalue weighted by atomic mass is 32.2. The second-order valence-corrected chi connectivity index (χ2v) is 10.1. The molecule has 0 radical (unpaired) electrons. The number of benzene rings is 2. The first-order valence-corrected chi connectivity index (χ1v) is 12.2. The van der Waals surface area contributed by atoms with Crippen molar-refractivity contribution < 1.29 is 22.7 Å². The first-order chi connectivity index (χ1) is 14.9. The van der Waals surface area contributed by atoms with Gasteiger partial charge in [-0.2, -0.15) is 0 Å². The molecule has 0 unspecified atom stereocenters. The normalized spacial score (nSPS) is 18.4. The number of fused-ring (bicyclic) bond motifs is 2. The number of ether oxygens (including phenoxy) is 2. The molecule has 0 N–H and O–H groups in total. The molecule has 0 bridgehead atoms. The van der Waals surface area contributed by atoms with Crippen LogP contribution in [0.3, 0.4) is 0 Å². The summed E-state index contributed by atoms with van der Waals surface area (Å²) in [6.45, 7) is 4.32. The average Bonchev–Trinajstić information content (AvgIpc) is 3.39. The average molecular weight is 444 g/mol. The highest BCUT2D eigenvalue weighted by Gasteiger charge is 2.29. The molecule has 2 aromatic rings. The molecule has 1 saturated heterocycles. The Labute approximate surface area is 182 Å². The van der Waals surface area contributed by atoms with Gasteiger partial charge < -0.3 is 14.4 Å². The number of sulfonamides is 1. The lowest BCUT2D eigenvalue weighted by Crippen LogP contribution is -2.48. The predicted molar refractivity (Wildman–Crippen MR) is 116 cm³/mol. The molecular weight excluding hydrogens is 418 g/mol. The summed E-state index contributed by atoms with van der Waals surface area (Å²) in [6.07, 6.45) is 1.88. The van der Waals surface area contributed by atoms with Crippen molar-refractivity contribution >= 4 is 21.6 Å². The topological polar surface area (TPSA) is 79.4 Å². The van der Waals surface area contributed by atoms with Gasteiger partial charge in [0.2, 0.25) is 16.8 Å². The van der Waals surface area contributed by atoms with Crippen LogP contribution in [0.5, 0.6) is 11.5 Å². The Morgan fingerprint density at radius 1 is 0.968 bits per heavy atom. The molecule has 9 heteroatoms. The number of nitrogens with zero attached hydrogens (tertiary/aromatic N) is 3. The van der Waals surface area contributed by atoms with Gasteiger partial charge in [-0.3, -0.25) is 14.0 Å². The Kier molecular flexibility index (Phi) is 5.02. The second kappa shape index (κ2) is 7.72. The molecule has 3 heterocycles. The van der Waals surface area contributed by atoms with Crippen LogP contribution in [0.25, 0.3) is 0 Å². The maximum absolute atomic E-state index is 13.1. The highest BCUT2D eigenvalue weighted by molar-refractivity contribution is 7.92. The van der Waals surface area contributed by atoms with Crippen molar-refractivity contribution in [3.05, 3.63) is 53.1 Å². The largest absolute Gasteiger partial charge is 0.454 e. The van der Waals surface area contributed by atoms with Gasteiger partial charge in [0.05, 0.1) is 11.9 Å². The summed E-state index contributed by atoms with van der Waals surface area (Å²) in [6, 6.07) is 11.4. The van der Waals surface area contributed by atoms with Crippen LogP contribution in [0.1, 0.15) is 21.5 Å². The number of rotatable bonds is 4. The first kappa shape index (κ1) is 20.1. The number of carbonyl (C=O) groups excluding carboxylic acids is 1. The van der Waals surface area contributed by atoms with E-state index in [9.17, 15) is 13.2 Å². The predicted octanol–water partition coefficient (Wildman–Crippen LogP) is 1.70. The number of hydrogen-bond donors (Lipinski definition) is 0. The molecule has 1 fully saturated rings. The van der Waals surface area contributed by atoms with E-state index < -0.39 is 10.0 Å². The Morgan fingerprint density at radius 3 is 2.52 bits per heavy atom. The summed E-state index contributed by atoms with van der Waals surface area (Å²) in [4.78, 5) is 17.2. The fourth-order valence-electron chi connectivity index (χ4n) is 4.42. The zero-order valence-corrected chi connectivity index (χ0v) is 18.2. The summed E-state index contributed by atoms with van der Waals surface area (Å²) in [5, 5.41) is 0. The lowest BCUT2D eigenvalue weighted by Gasteiger charge is -2.35. The van der Waals surface area contributed by atoms with Crippen molar-refractivity contribution in [2.24, 2.45) is 0 Å². The van der Waals surface area contributed by atoms with E-state index >= 15 is 0 Å². The van der Waals surface area contributed by atoms with E-state index in [1.54, 1.807) is 6.07 Å². The zero-order valence-electron chi connectivity index (χ0n) is 17.4. The van der Waals surface area contributed by atoms with Gasteiger partial charge in [-0.15, -0.1) is 0 Å². The molecule has 0 spiro atoms. The van der Waals surface area contributed by atoms with Crippen molar-refractivity contribution in [2.45, 2.75) is 13.0 Å². The summed E-state index contributed by atoms with van der Waals surface area (Å²) in [7, 11) is -3.34. The van der Waals surface area contributed by atoms with Crippen LogP contribution in [0, 0.1) is 0 Å². The standard InChI is InChI=1S/C22H25N3O5S/c1-31(27,28)25-7-6-17-3-4-18(13-19(17)25)22(26)24-10-8-23(9-11-24)14-16-2-5-20-21(12-16)30-15-29-20/h2-5,12-13H,6-11,14-15H2,1H3. The number of piperazine rings is 1. The smallest absolute Gasteiger partial charge is 0.254 e. The van der Waals surface area contributed by atoms with Crippen LogP contribution in [0.4, 0.5) is 5.69 Å². The molecule has 2 aromatic carbocycles. The van der Waals surface area contributed by atoms with Gasteiger partial charge in [0.1, 0.15) is 0 Å². The van der Waals surface area contributed by atoms with Gasteiger partial charge in [0.15, 0.2) is 11.5 Å². The Bertz CT molecular complexity index is 1130. The third-order valence-corrected chi connectivity index (χ3v) is 7.27. The number of anilines is 1. The molecule has 5 rings (SSSR count). The molecule has 8 nitrogen and oxygen atoms in total. The Balaban J connectivity index is 1.23. The lowest BCUT2D eigenvalue weighted by atomic mass is 10.1. The van der Waals surface area contributed by atoms with Gasteiger partial charge in [-0.25, -0.2) is 8.42 Å². The van der Waals surface area contributed by atoms with Crippen molar-refractivity contribution in [2.75, 3.05) is 50.1 Å². The summed E-state index contributed by atoms with van der Waals surface area (Å²) in [5.41, 5.74) is 3.30. The fourth-order valence-corrected chi connectivity index (χ4v) is 5.37. The minimum Gasteiger partial charge on any atom is -0.454 e. The van der Waals surface area contributed by atoms with E-state index in [1.165, 1.54) is 10.6 Å². The lowest BCUT2D eigenvalue weighted by molar-refractivity contribution is 0.0628. The van der Waals surface area contributed by atoms with E-state index in [2.05, 4.69) is 4.90 Å². The molecule has 3 aliphatic heterocycles. The molecule has 0 saturated carbocycles. The fraction of sp³-hybridized carbons (Fsp3) is 0.409. The van der Waals surface area contributed by atoms with Gasteiger partial charge in [0, 0.05) is 44.8 Å². The van der Waals surface area contributed by atoms with E-state index in [4.69, 9.17) is 9.47 Å². The van der Waals surface area contributed by atoms with Crippen LogP contribution in [-0.2, 0) is 23.0 Å². The molecule has 31 heavy (non-hydrogen) atoms. The van der Waals surface area contributed by atoms with E-state index in [-0.39, 0.29) is 12.7 Å². The first-order valence-electron chi connectivity index (χ1n) is 10.4. The SMILES string of the molecule is CS(=O)(=O)N1CCc2ccc(C(=O)N3CCN(Cc4ccc5c(c4)OCO5)CC3)cc21. The number of amides is 1. The molecule has 0 atom stereocenters. The quantitative estimate of drug-likeness (QED) is 0.716. The molecule has 1 amide bonds. The van der Waals surface area contributed by atoms with Crippen molar-refractivity contribution in [1.82, 2.24) is 9.80 Å². The van der Waals surface area contributed by atoms with Gasteiger partial charge >= 0.3 is 0 Å². The zero-order chi connectivity index (χ0) is 21.6. The van der Waals surface area contributed by atoms with E-state index in [1.807, 2.05) is 35.2 Å². The maximum Gasteiger partial charge on any atom is 0.254 e. The van der Waals surface area contributed by atoms with E-state index in [0.29, 0.717) is 37.3 Å². The van der Waals surface area contributed by atoms with Gasteiger partial charge in [-0.1, -0.05) is 12.1 Å². The second-order valence-electron chi connectivity index (χ2n) is 8.18. The van der Waals surface area contributed by atoms with Crippen molar-refractivity contribution in [1.29, 1.82) is 0 Å². The van der Waals surface area contributed by atoms with Crippen LogP contribution < -0.4 is 13.8 Å². The van der Waals surface area contributed by atoms with Crippen LogP contribution in [0.15, 0.2) is 36.4 Å². The monoisotopic (exact) mass is 443 g/mol. The molecular formula is C22H25N3O5S. The highest BCUT2D eigenvalue weighted by Crippen LogP contribution is 2.33. The minimum atomic E-state index is -3.34. The molecule has 164 valence electrons.